The molecule has 11 nitrogen and oxygen atoms in total. The summed E-state index contributed by atoms with van der Waals surface area (Å²) in [7, 11) is 3.60. The van der Waals surface area contributed by atoms with Crippen molar-refractivity contribution in [2.24, 2.45) is 0 Å². The van der Waals surface area contributed by atoms with Crippen LogP contribution in [0.4, 0.5) is 46.8 Å². The van der Waals surface area contributed by atoms with Crippen LogP contribution in [0, 0.1) is 13.8 Å². The number of nitrogens with one attached hydrogen (secondary N) is 2. The Morgan fingerprint density at radius 1 is 0.917 bits per heavy atom. The smallest absolute Gasteiger partial charge is 0.323 e. The Balaban J connectivity index is 1.19. The van der Waals surface area contributed by atoms with Crippen LogP contribution in [0.2, 0.25) is 0 Å². The lowest BCUT2D eigenvalue weighted by molar-refractivity contribution is -0.138. The standard InChI is InChI=1S/C34H36F3N9O2/c1-21-5-9-26(40-31(47)23-7-8-24(28(15-23)34(35,36)37)19-45-13-11-43(3)12-14-45)16-29(21)46-20-25-17-39-32(42-30(25)44(4)33(46)48)41-27-10-6-22(2)38-18-27/h5-10,15-18H,11-14,19-20H2,1-4H3,(H,40,47)(H,39,41,42). The summed E-state index contributed by atoms with van der Waals surface area (Å²) >= 11 is 0. The van der Waals surface area contributed by atoms with E-state index in [4.69, 9.17) is 0 Å². The number of carbonyl (C=O) groups is 2. The number of pyridine rings is 1. The van der Waals surface area contributed by atoms with Crippen LogP contribution < -0.4 is 20.4 Å². The highest BCUT2D eigenvalue weighted by molar-refractivity contribution is 6.07. The monoisotopic (exact) mass is 659 g/mol. The topological polar surface area (TPSA) is 110 Å². The maximum atomic E-state index is 14.1. The normalized spacial score (nSPS) is 15.8. The number of amides is 3. The third-order valence-electron chi connectivity index (χ3n) is 8.60. The van der Waals surface area contributed by atoms with E-state index in [-0.39, 0.29) is 30.2 Å². The average Bonchev–Trinajstić information content (AvgIpc) is 3.05. The molecule has 4 aromatic rings. The van der Waals surface area contributed by atoms with E-state index in [0.29, 0.717) is 47.5 Å². The number of likely N-dealkylation sites (N-methyl/N-ethyl adjacent to an activating group) is 1. The first-order valence-electron chi connectivity index (χ1n) is 15.5. The number of hydrogen-bond acceptors (Lipinski definition) is 8. The number of fused-ring (bicyclic) bond motifs is 1. The van der Waals surface area contributed by atoms with Crippen molar-refractivity contribution in [3.05, 3.63) is 94.4 Å². The molecule has 0 aliphatic carbocycles. The Morgan fingerprint density at radius 3 is 2.38 bits per heavy atom. The van der Waals surface area contributed by atoms with E-state index < -0.39 is 17.6 Å². The summed E-state index contributed by atoms with van der Waals surface area (Å²) in [5, 5.41) is 5.82. The average molecular weight is 660 g/mol. The molecule has 0 bridgehead atoms. The van der Waals surface area contributed by atoms with E-state index >= 15 is 0 Å². The molecule has 1 fully saturated rings. The molecular weight excluding hydrogens is 623 g/mol. The first-order chi connectivity index (χ1) is 22.9. The minimum absolute atomic E-state index is 0.114. The number of halogens is 3. The zero-order valence-corrected chi connectivity index (χ0v) is 27.1. The van der Waals surface area contributed by atoms with Gasteiger partial charge in [-0.05, 0) is 68.4 Å². The number of nitrogens with zero attached hydrogens (tertiary/aromatic N) is 7. The van der Waals surface area contributed by atoms with E-state index in [1.54, 1.807) is 42.5 Å². The number of alkyl halides is 3. The molecule has 2 aliphatic heterocycles. The number of urea groups is 1. The number of aromatic nitrogens is 3. The number of hydrogen-bond donors (Lipinski definition) is 2. The molecule has 3 amide bonds. The van der Waals surface area contributed by atoms with E-state index in [0.717, 1.165) is 30.4 Å². The molecule has 1 saturated heterocycles. The van der Waals surface area contributed by atoms with Gasteiger partial charge in [0.25, 0.3) is 5.91 Å². The maximum Gasteiger partial charge on any atom is 0.416 e. The Morgan fingerprint density at radius 2 is 1.67 bits per heavy atom. The van der Waals surface area contributed by atoms with Gasteiger partial charge in [0.2, 0.25) is 5.95 Å². The summed E-state index contributed by atoms with van der Waals surface area (Å²) in [5.41, 5.74) is 3.10. The van der Waals surface area contributed by atoms with Gasteiger partial charge in [-0.1, -0.05) is 12.1 Å². The lowest BCUT2D eigenvalue weighted by atomic mass is 10.0. The molecule has 48 heavy (non-hydrogen) atoms. The van der Waals surface area contributed by atoms with E-state index in [1.165, 1.54) is 17.0 Å². The first-order valence-corrected chi connectivity index (χ1v) is 15.5. The molecule has 2 aromatic carbocycles. The Bertz CT molecular complexity index is 1840. The van der Waals surface area contributed by atoms with Gasteiger partial charge in [0.15, 0.2) is 0 Å². The summed E-state index contributed by atoms with van der Waals surface area (Å²) in [4.78, 5) is 47.2. The largest absolute Gasteiger partial charge is 0.416 e. The molecule has 0 atom stereocenters. The molecule has 0 unspecified atom stereocenters. The highest BCUT2D eigenvalue weighted by atomic mass is 19.4. The summed E-state index contributed by atoms with van der Waals surface area (Å²) in [6.07, 6.45) is -1.30. The predicted octanol–water partition coefficient (Wildman–Crippen LogP) is 5.83. The number of carbonyl (C=O) groups excluding carboxylic acids is 2. The van der Waals surface area contributed by atoms with Gasteiger partial charge in [-0.15, -0.1) is 0 Å². The van der Waals surface area contributed by atoms with Crippen LogP contribution in [0.15, 0.2) is 60.9 Å². The SMILES string of the molecule is Cc1ccc(Nc2ncc3c(n2)N(C)C(=O)N(c2cc(NC(=O)c4ccc(CN5CCN(C)CC5)c(C(F)(F)F)c4)ccc2C)C3)cn1. The van der Waals surface area contributed by atoms with Gasteiger partial charge in [-0.3, -0.25) is 24.5 Å². The number of anilines is 5. The lowest BCUT2D eigenvalue weighted by Crippen LogP contribution is -2.46. The van der Waals surface area contributed by atoms with Crippen LogP contribution in [-0.4, -0.2) is 77.0 Å². The van der Waals surface area contributed by atoms with Crippen LogP contribution >= 0.6 is 0 Å². The fraction of sp³-hybridized carbons (Fsp3) is 0.324. The van der Waals surface area contributed by atoms with Crippen LogP contribution in [0.3, 0.4) is 0 Å². The van der Waals surface area contributed by atoms with Crippen molar-refractivity contribution in [1.82, 2.24) is 24.8 Å². The second kappa shape index (κ2) is 13.2. The van der Waals surface area contributed by atoms with Crippen molar-refractivity contribution in [2.45, 2.75) is 33.1 Å². The van der Waals surface area contributed by atoms with Crippen molar-refractivity contribution in [3.8, 4) is 0 Å². The van der Waals surface area contributed by atoms with Crippen molar-refractivity contribution in [3.63, 3.8) is 0 Å². The number of aryl methyl sites for hydroxylation is 2. The molecule has 0 saturated carbocycles. The number of piperazine rings is 1. The molecule has 14 heteroatoms. The molecule has 0 spiro atoms. The highest BCUT2D eigenvalue weighted by Crippen LogP contribution is 2.35. The maximum absolute atomic E-state index is 14.1. The van der Waals surface area contributed by atoms with Crippen LogP contribution in [0.5, 0.6) is 0 Å². The van der Waals surface area contributed by atoms with Gasteiger partial charge in [-0.25, -0.2) is 9.78 Å². The quantitative estimate of drug-likeness (QED) is 0.255. The zero-order valence-electron chi connectivity index (χ0n) is 27.1. The molecule has 250 valence electrons. The van der Waals surface area contributed by atoms with Crippen molar-refractivity contribution in [2.75, 3.05) is 60.7 Å². The molecule has 2 N–H and O–H groups in total. The minimum Gasteiger partial charge on any atom is -0.323 e. The van der Waals surface area contributed by atoms with Crippen LogP contribution in [-0.2, 0) is 19.3 Å². The van der Waals surface area contributed by atoms with Crippen molar-refractivity contribution < 1.29 is 22.8 Å². The Hall–Kier alpha value is -5.08. The highest BCUT2D eigenvalue weighted by Gasteiger charge is 2.35. The van der Waals surface area contributed by atoms with Crippen LogP contribution in [0.25, 0.3) is 0 Å². The Kier molecular flexibility index (Phi) is 9.03. The van der Waals surface area contributed by atoms with Gasteiger partial charge in [0, 0.05) is 68.5 Å². The summed E-state index contributed by atoms with van der Waals surface area (Å²) < 4.78 is 42.4. The Labute approximate surface area is 276 Å². The van der Waals surface area contributed by atoms with Gasteiger partial charge in [0.1, 0.15) is 5.82 Å². The first kappa shape index (κ1) is 32.8. The van der Waals surface area contributed by atoms with E-state index in [1.807, 2.05) is 37.9 Å². The number of benzene rings is 2. The number of rotatable bonds is 7. The molecule has 2 aliphatic rings. The fourth-order valence-corrected chi connectivity index (χ4v) is 5.78. The fourth-order valence-electron chi connectivity index (χ4n) is 5.78. The van der Waals surface area contributed by atoms with Crippen molar-refractivity contribution >= 4 is 40.8 Å². The molecule has 6 rings (SSSR count). The molecule has 2 aromatic heterocycles. The van der Waals surface area contributed by atoms with Gasteiger partial charge in [0.05, 0.1) is 29.7 Å². The van der Waals surface area contributed by atoms with E-state index in [9.17, 15) is 22.8 Å². The lowest BCUT2D eigenvalue weighted by Gasteiger charge is -2.35. The summed E-state index contributed by atoms with van der Waals surface area (Å²) in [6, 6.07) is 12.1. The third-order valence-corrected chi connectivity index (χ3v) is 8.60. The van der Waals surface area contributed by atoms with E-state index in [2.05, 4.69) is 30.5 Å². The second-order valence-corrected chi connectivity index (χ2v) is 12.2. The van der Waals surface area contributed by atoms with Crippen LogP contribution in [0.1, 0.15) is 38.3 Å². The molecule has 4 heterocycles. The summed E-state index contributed by atoms with van der Waals surface area (Å²) in [5.74, 6) is 0.0768. The van der Waals surface area contributed by atoms with Gasteiger partial charge >= 0.3 is 12.2 Å². The predicted molar refractivity (Wildman–Crippen MR) is 178 cm³/mol. The minimum atomic E-state index is -4.62. The van der Waals surface area contributed by atoms with Crippen molar-refractivity contribution in [1.29, 1.82) is 0 Å². The molecule has 0 radical (unpaired) electrons. The third kappa shape index (κ3) is 7.09. The van der Waals surface area contributed by atoms with Gasteiger partial charge in [-0.2, -0.15) is 18.2 Å². The van der Waals surface area contributed by atoms with Gasteiger partial charge < -0.3 is 15.5 Å². The molecular formula is C34H36F3N9O2. The zero-order chi connectivity index (χ0) is 34.2. The summed E-state index contributed by atoms with van der Waals surface area (Å²) in [6.45, 7) is 6.95. The second-order valence-electron chi connectivity index (χ2n) is 12.2.